The lowest BCUT2D eigenvalue weighted by Crippen LogP contribution is -2.28. The molecule has 214 valence electrons. The van der Waals surface area contributed by atoms with Crippen molar-refractivity contribution in [2.75, 3.05) is 0 Å². The van der Waals surface area contributed by atoms with Crippen LogP contribution in [0.15, 0.2) is 112 Å². The summed E-state index contributed by atoms with van der Waals surface area (Å²) in [5.41, 5.74) is 3.73. The molecule has 0 spiro atoms. The first kappa shape index (κ1) is 27.8. The molecule has 0 saturated heterocycles. The smallest absolute Gasteiger partial charge is 0.353 e. The van der Waals surface area contributed by atoms with E-state index in [9.17, 15) is 14.7 Å². The number of hydrogen-bond donors (Lipinski definition) is 1. The molecule has 9 heteroatoms. The number of phenols is 1. The maximum absolute atomic E-state index is 13.1. The first-order chi connectivity index (χ1) is 20.7. The van der Waals surface area contributed by atoms with E-state index < -0.39 is 17.5 Å². The van der Waals surface area contributed by atoms with Crippen LogP contribution in [-0.4, -0.2) is 27.0 Å². The molecule has 2 aromatic heterocycles. The van der Waals surface area contributed by atoms with Crippen molar-refractivity contribution < 1.29 is 23.8 Å². The molecule has 43 heavy (non-hydrogen) atoms. The fraction of sp³-hybridized carbons (Fsp3) is 0.0882. The highest BCUT2D eigenvalue weighted by Crippen LogP contribution is 2.32. The standard InChI is InChI=1S/C34H25ClN2O6/c1-20-11-13-25(14-12-20)37-27(23-9-6-10-24(35)15-23)18-32(36-37)43-34(40)21(2)41-26-16-28(38)33-29(39)19-30(42-31(33)17-26)22-7-4-3-5-8-22/h3-19,21,38H,1-2H3. The van der Waals surface area contributed by atoms with Crippen LogP contribution in [0.3, 0.4) is 0 Å². The number of hydrogen-bond acceptors (Lipinski definition) is 7. The van der Waals surface area contributed by atoms with E-state index in [1.54, 1.807) is 35.0 Å². The van der Waals surface area contributed by atoms with Gasteiger partial charge in [0.15, 0.2) is 11.5 Å². The molecule has 0 aliphatic carbocycles. The van der Waals surface area contributed by atoms with Gasteiger partial charge >= 0.3 is 5.97 Å². The van der Waals surface area contributed by atoms with Gasteiger partial charge in [0.1, 0.15) is 28.2 Å². The van der Waals surface area contributed by atoms with Crippen LogP contribution in [-0.2, 0) is 4.79 Å². The number of aromatic nitrogens is 2. The predicted octanol–water partition coefficient (Wildman–Crippen LogP) is 7.35. The summed E-state index contributed by atoms with van der Waals surface area (Å²) in [7, 11) is 0. The Morgan fingerprint density at radius 2 is 1.67 bits per heavy atom. The molecule has 6 rings (SSSR count). The van der Waals surface area contributed by atoms with Gasteiger partial charge in [-0.1, -0.05) is 71.8 Å². The average Bonchev–Trinajstić information content (AvgIpc) is 3.41. The van der Waals surface area contributed by atoms with Crippen molar-refractivity contribution in [1.82, 2.24) is 9.78 Å². The van der Waals surface area contributed by atoms with Gasteiger partial charge in [-0.05, 0) is 38.1 Å². The fourth-order valence-corrected chi connectivity index (χ4v) is 4.83. The maximum Gasteiger partial charge on any atom is 0.353 e. The number of halogens is 1. The minimum Gasteiger partial charge on any atom is -0.507 e. The molecule has 0 aliphatic heterocycles. The van der Waals surface area contributed by atoms with E-state index in [1.165, 1.54) is 25.1 Å². The quantitative estimate of drug-likeness (QED) is 0.193. The molecule has 1 atom stereocenters. The third-order valence-electron chi connectivity index (χ3n) is 6.78. The average molecular weight is 593 g/mol. The molecule has 0 radical (unpaired) electrons. The van der Waals surface area contributed by atoms with E-state index >= 15 is 0 Å². The summed E-state index contributed by atoms with van der Waals surface area (Å²) in [5, 5.41) is 15.7. The largest absolute Gasteiger partial charge is 0.507 e. The summed E-state index contributed by atoms with van der Waals surface area (Å²) >= 11 is 6.25. The first-order valence-electron chi connectivity index (χ1n) is 13.4. The molecule has 0 amide bonds. The third-order valence-corrected chi connectivity index (χ3v) is 7.01. The van der Waals surface area contributed by atoms with Crippen LogP contribution in [0.2, 0.25) is 5.02 Å². The van der Waals surface area contributed by atoms with Crippen LogP contribution in [0.25, 0.3) is 39.2 Å². The highest BCUT2D eigenvalue weighted by molar-refractivity contribution is 6.30. The summed E-state index contributed by atoms with van der Waals surface area (Å²) in [6.45, 7) is 3.50. The van der Waals surface area contributed by atoms with Crippen LogP contribution in [0, 0.1) is 6.92 Å². The zero-order valence-electron chi connectivity index (χ0n) is 23.2. The zero-order chi connectivity index (χ0) is 30.1. The van der Waals surface area contributed by atoms with Gasteiger partial charge in [0.05, 0.1) is 11.4 Å². The highest BCUT2D eigenvalue weighted by Gasteiger charge is 2.22. The first-order valence-corrected chi connectivity index (χ1v) is 13.8. The summed E-state index contributed by atoms with van der Waals surface area (Å²) in [6.07, 6.45) is -1.10. The molecular formula is C34H25ClN2O6. The Morgan fingerprint density at radius 3 is 2.42 bits per heavy atom. The van der Waals surface area contributed by atoms with Gasteiger partial charge in [0.2, 0.25) is 5.88 Å². The molecule has 0 bridgehead atoms. The van der Waals surface area contributed by atoms with Crippen molar-refractivity contribution in [1.29, 1.82) is 0 Å². The number of ether oxygens (including phenoxy) is 2. The predicted molar refractivity (Wildman–Crippen MR) is 164 cm³/mol. The van der Waals surface area contributed by atoms with Crippen molar-refractivity contribution in [2.45, 2.75) is 20.0 Å². The Kier molecular flexibility index (Phi) is 7.44. The van der Waals surface area contributed by atoms with E-state index in [0.717, 1.165) is 16.8 Å². The Hall–Kier alpha value is -5.34. The normalized spacial score (nSPS) is 11.8. The van der Waals surface area contributed by atoms with Crippen molar-refractivity contribution >= 4 is 28.5 Å². The Morgan fingerprint density at radius 1 is 0.930 bits per heavy atom. The molecule has 0 aliphatic rings. The highest BCUT2D eigenvalue weighted by atomic mass is 35.5. The van der Waals surface area contributed by atoms with Gasteiger partial charge in [-0.15, -0.1) is 5.10 Å². The number of carbonyl (C=O) groups is 1. The number of nitrogens with zero attached hydrogens (tertiary/aromatic N) is 2. The Labute approximate surface area is 251 Å². The van der Waals surface area contributed by atoms with Gasteiger partial charge in [-0.2, -0.15) is 0 Å². The second-order valence-electron chi connectivity index (χ2n) is 9.96. The molecule has 8 nitrogen and oxygen atoms in total. The molecule has 1 unspecified atom stereocenters. The SMILES string of the molecule is Cc1ccc(-n2nc(OC(=O)C(C)Oc3cc(O)c4c(=O)cc(-c5ccccc5)oc4c3)cc2-c2cccc(Cl)c2)cc1. The maximum atomic E-state index is 13.1. The van der Waals surface area contributed by atoms with E-state index in [-0.39, 0.29) is 28.3 Å². The summed E-state index contributed by atoms with van der Waals surface area (Å²) in [6, 6.07) is 29.9. The number of fused-ring (bicyclic) bond motifs is 1. The second-order valence-corrected chi connectivity index (χ2v) is 10.4. The topological polar surface area (TPSA) is 104 Å². The zero-order valence-corrected chi connectivity index (χ0v) is 23.9. The molecular weight excluding hydrogens is 568 g/mol. The van der Waals surface area contributed by atoms with Crippen LogP contribution < -0.4 is 14.9 Å². The number of rotatable bonds is 7. The lowest BCUT2D eigenvalue weighted by Gasteiger charge is -2.14. The number of esters is 1. The Balaban J connectivity index is 1.27. The number of carbonyl (C=O) groups excluding carboxylic acids is 1. The van der Waals surface area contributed by atoms with Gasteiger partial charge in [-0.3, -0.25) is 4.79 Å². The molecule has 2 heterocycles. The van der Waals surface area contributed by atoms with Crippen molar-refractivity contribution in [2.24, 2.45) is 0 Å². The minimum atomic E-state index is -1.10. The van der Waals surface area contributed by atoms with E-state index in [0.29, 0.717) is 22.0 Å². The number of aromatic hydroxyl groups is 1. The van der Waals surface area contributed by atoms with Crippen molar-refractivity contribution in [3.05, 3.63) is 124 Å². The minimum absolute atomic E-state index is 0.0115. The summed E-state index contributed by atoms with van der Waals surface area (Å²) in [4.78, 5) is 25.9. The van der Waals surface area contributed by atoms with E-state index in [4.69, 9.17) is 25.5 Å². The van der Waals surface area contributed by atoms with Crippen molar-refractivity contribution in [3.63, 3.8) is 0 Å². The van der Waals surface area contributed by atoms with Crippen LogP contribution in [0.4, 0.5) is 0 Å². The van der Waals surface area contributed by atoms with Crippen molar-refractivity contribution in [3.8, 4) is 45.6 Å². The van der Waals surface area contributed by atoms with Gasteiger partial charge in [0, 0.05) is 40.4 Å². The van der Waals surface area contributed by atoms with E-state index in [1.807, 2.05) is 61.5 Å². The summed E-state index contributed by atoms with van der Waals surface area (Å²) in [5.74, 6) is -0.528. The lowest BCUT2D eigenvalue weighted by molar-refractivity contribution is -0.141. The number of phenolic OH excluding ortho intramolecular Hbond substituents is 1. The number of aryl methyl sites for hydroxylation is 1. The third kappa shape index (κ3) is 5.86. The molecule has 0 fully saturated rings. The van der Waals surface area contributed by atoms with E-state index in [2.05, 4.69) is 5.10 Å². The number of benzene rings is 4. The van der Waals surface area contributed by atoms with Gasteiger partial charge in [0.25, 0.3) is 0 Å². The monoisotopic (exact) mass is 592 g/mol. The molecule has 6 aromatic rings. The molecule has 1 N–H and O–H groups in total. The van der Waals surface area contributed by atoms with Crippen LogP contribution in [0.5, 0.6) is 17.4 Å². The molecule has 0 saturated carbocycles. The van der Waals surface area contributed by atoms with Crippen LogP contribution >= 0.6 is 11.6 Å². The fourth-order valence-electron chi connectivity index (χ4n) is 4.64. The second kappa shape index (κ2) is 11.5. The van der Waals surface area contributed by atoms with Crippen LogP contribution in [0.1, 0.15) is 12.5 Å². The Bertz CT molecular complexity index is 2020. The summed E-state index contributed by atoms with van der Waals surface area (Å²) < 4.78 is 19.0. The lowest BCUT2D eigenvalue weighted by atomic mass is 10.1. The van der Waals surface area contributed by atoms with Gasteiger partial charge < -0.3 is 19.0 Å². The van der Waals surface area contributed by atoms with Gasteiger partial charge in [-0.25, -0.2) is 9.48 Å². The molecule has 4 aromatic carbocycles.